The smallest absolute Gasteiger partial charge is 0.463 e. The number of esters is 1. The average Bonchev–Trinajstić information content (AvgIpc) is 2.70. The molecule has 0 amide bonds. The first-order chi connectivity index (χ1) is 13.8. The van der Waals surface area contributed by atoms with Crippen LogP contribution in [-0.4, -0.2) is 94.4 Å². The Morgan fingerprint density at radius 1 is 0.833 bits per heavy atom. The van der Waals surface area contributed by atoms with Gasteiger partial charge in [-0.05, 0) is 6.42 Å². The molecule has 0 aromatic heterocycles. The van der Waals surface area contributed by atoms with Crippen molar-refractivity contribution in [3.05, 3.63) is 0 Å². The van der Waals surface area contributed by atoms with Gasteiger partial charge in [-0.25, -0.2) is 4.57 Å². The van der Waals surface area contributed by atoms with E-state index in [4.69, 9.17) is 14.9 Å². The van der Waals surface area contributed by atoms with Crippen LogP contribution in [0.1, 0.15) is 77.6 Å². The molecule has 0 bridgehead atoms. The maximum atomic E-state index is 11.6. The van der Waals surface area contributed by atoms with Gasteiger partial charge < -0.3 is 24.9 Å². The number of aliphatic hydroxyl groups is 3. The number of aliphatic hydroxyl groups excluding tert-OH is 3. The van der Waals surface area contributed by atoms with Gasteiger partial charge in [-0.1, -0.05) is 64.7 Å². The van der Waals surface area contributed by atoms with Gasteiger partial charge in [0.2, 0.25) is 0 Å². The summed E-state index contributed by atoms with van der Waals surface area (Å²) in [4.78, 5) is 21.0. The van der Waals surface area contributed by atoms with Crippen LogP contribution in [0, 0.1) is 0 Å². The molecule has 175 valence electrons. The van der Waals surface area contributed by atoms with Crippen LogP contribution in [-0.2, 0) is 23.1 Å². The van der Waals surface area contributed by atoms with Gasteiger partial charge in [-0.15, -0.1) is 0 Å². The van der Waals surface area contributed by atoms with Crippen molar-refractivity contribution in [2.75, 3.05) is 26.4 Å². The fourth-order valence-corrected chi connectivity index (χ4v) is 3.31. The molecular formula is C19H39NaO9P. The Morgan fingerprint density at radius 3 is 1.80 bits per heavy atom. The Bertz CT molecular complexity index is 454. The van der Waals surface area contributed by atoms with Gasteiger partial charge in [0.15, 0.2) is 0 Å². The molecule has 0 fully saturated rings. The molecular weight excluding hydrogens is 426 g/mol. The minimum Gasteiger partial charge on any atom is -0.463 e. The standard InChI is InChI=1S/C19H39O9P.Na/c1-2-3-4-5-6-7-8-9-10-11-12-19(23)26-14-18(22)16-28-29(24,25)27-15-17(21)13-20;/h17-18,20-22H,2-16H2,1H3,(H,24,25);/t17?,18-;/m1./s1. The first-order valence-corrected chi connectivity index (χ1v) is 12.0. The number of phosphoric acid groups is 1. The number of ether oxygens (including phenoxy) is 1. The van der Waals surface area contributed by atoms with E-state index in [0.717, 1.165) is 19.3 Å². The summed E-state index contributed by atoms with van der Waals surface area (Å²) in [5, 5.41) is 27.3. The summed E-state index contributed by atoms with van der Waals surface area (Å²) < 4.78 is 25.4. The van der Waals surface area contributed by atoms with Crippen molar-refractivity contribution in [3.8, 4) is 0 Å². The van der Waals surface area contributed by atoms with Gasteiger partial charge in [-0.2, -0.15) is 0 Å². The summed E-state index contributed by atoms with van der Waals surface area (Å²) in [7, 11) is -4.47. The van der Waals surface area contributed by atoms with Crippen LogP contribution in [0.4, 0.5) is 0 Å². The van der Waals surface area contributed by atoms with Crippen molar-refractivity contribution in [2.45, 2.75) is 89.8 Å². The third-order valence-corrected chi connectivity index (χ3v) is 5.19. The zero-order valence-electron chi connectivity index (χ0n) is 18.5. The second-order valence-electron chi connectivity index (χ2n) is 7.17. The second kappa shape index (κ2) is 21.3. The summed E-state index contributed by atoms with van der Waals surface area (Å²) in [5.41, 5.74) is 0. The zero-order chi connectivity index (χ0) is 22.0. The van der Waals surface area contributed by atoms with Gasteiger partial charge >= 0.3 is 13.8 Å². The summed E-state index contributed by atoms with van der Waals surface area (Å²) in [6.45, 7) is 0.0628. The van der Waals surface area contributed by atoms with Crippen LogP contribution in [0.5, 0.6) is 0 Å². The van der Waals surface area contributed by atoms with Gasteiger partial charge in [0.05, 0.1) is 19.8 Å². The number of phosphoric ester groups is 1. The minimum atomic E-state index is -4.47. The largest absolute Gasteiger partial charge is 0.472 e. The number of carbonyl (C=O) groups excluding carboxylic acids is 1. The Balaban J connectivity index is 0. The van der Waals surface area contributed by atoms with Gasteiger partial charge in [0.1, 0.15) is 18.8 Å². The number of hydrogen-bond donors (Lipinski definition) is 4. The fraction of sp³-hybridized carbons (Fsp3) is 0.947. The molecule has 0 saturated carbocycles. The maximum absolute atomic E-state index is 11.6. The molecule has 0 aromatic rings. The molecule has 0 heterocycles. The molecule has 0 saturated heterocycles. The van der Waals surface area contributed by atoms with E-state index in [-0.39, 0.29) is 42.6 Å². The summed E-state index contributed by atoms with van der Waals surface area (Å²) in [5.74, 6) is -0.432. The predicted octanol–water partition coefficient (Wildman–Crippen LogP) is 2.31. The Hall–Kier alpha value is 0.460. The van der Waals surface area contributed by atoms with E-state index < -0.39 is 45.8 Å². The van der Waals surface area contributed by atoms with Crippen LogP contribution in [0.25, 0.3) is 0 Å². The zero-order valence-corrected chi connectivity index (χ0v) is 21.4. The van der Waals surface area contributed by atoms with Crippen LogP contribution < -0.4 is 0 Å². The average molecular weight is 465 g/mol. The first kappa shape index (κ1) is 32.6. The Kier molecular flexibility index (Phi) is 23.2. The SMILES string of the molecule is CCCCCCCCCCCCC(=O)OC[C@@H](O)COP(=O)(O)OCC(O)CO.[Na]. The molecule has 30 heavy (non-hydrogen) atoms. The molecule has 1 radical (unpaired) electrons. The molecule has 0 aliphatic heterocycles. The van der Waals surface area contributed by atoms with E-state index in [0.29, 0.717) is 0 Å². The van der Waals surface area contributed by atoms with E-state index in [2.05, 4.69) is 16.0 Å². The predicted molar refractivity (Wildman–Crippen MR) is 114 cm³/mol. The quantitative estimate of drug-likeness (QED) is 0.0922. The normalized spacial score (nSPS) is 15.1. The van der Waals surface area contributed by atoms with Crippen molar-refractivity contribution in [2.24, 2.45) is 0 Å². The molecule has 0 aromatic carbocycles. The molecule has 2 unspecified atom stereocenters. The summed E-state index contributed by atoms with van der Waals surface area (Å²) in [6, 6.07) is 0. The number of hydrogen-bond acceptors (Lipinski definition) is 8. The second-order valence-corrected chi connectivity index (χ2v) is 8.62. The third kappa shape index (κ3) is 21.7. The Labute approximate surface area is 202 Å². The van der Waals surface area contributed by atoms with Crippen molar-refractivity contribution in [1.82, 2.24) is 0 Å². The number of rotatable bonds is 20. The molecule has 3 atom stereocenters. The van der Waals surface area contributed by atoms with Gasteiger partial charge in [0.25, 0.3) is 0 Å². The van der Waals surface area contributed by atoms with Crippen LogP contribution in [0.2, 0.25) is 0 Å². The van der Waals surface area contributed by atoms with Gasteiger partial charge in [0, 0.05) is 36.0 Å². The van der Waals surface area contributed by atoms with Crippen LogP contribution in [0.15, 0.2) is 0 Å². The molecule has 0 rings (SSSR count). The number of unbranched alkanes of at least 4 members (excludes halogenated alkanes) is 9. The van der Waals surface area contributed by atoms with E-state index in [1.54, 1.807) is 0 Å². The first-order valence-electron chi connectivity index (χ1n) is 10.5. The molecule has 11 heteroatoms. The maximum Gasteiger partial charge on any atom is 0.472 e. The molecule has 0 aliphatic rings. The molecule has 9 nitrogen and oxygen atoms in total. The Morgan fingerprint density at radius 2 is 1.30 bits per heavy atom. The van der Waals surface area contributed by atoms with Crippen molar-refractivity contribution < 1.29 is 43.4 Å². The van der Waals surface area contributed by atoms with E-state index in [9.17, 15) is 19.4 Å². The van der Waals surface area contributed by atoms with Crippen molar-refractivity contribution in [3.63, 3.8) is 0 Å². The van der Waals surface area contributed by atoms with Crippen molar-refractivity contribution in [1.29, 1.82) is 0 Å². The molecule has 0 spiro atoms. The summed E-state index contributed by atoms with van der Waals surface area (Å²) >= 11 is 0. The fourth-order valence-electron chi connectivity index (χ4n) is 2.52. The van der Waals surface area contributed by atoms with Crippen molar-refractivity contribution >= 4 is 43.3 Å². The summed E-state index contributed by atoms with van der Waals surface area (Å²) in [6.07, 6.45) is 9.33. The van der Waals surface area contributed by atoms with Crippen LogP contribution >= 0.6 is 7.82 Å². The van der Waals surface area contributed by atoms with E-state index >= 15 is 0 Å². The molecule has 4 N–H and O–H groups in total. The number of carbonyl (C=O) groups is 1. The van der Waals surface area contributed by atoms with Gasteiger partial charge in [-0.3, -0.25) is 13.8 Å². The topological polar surface area (TPSA) is 143 Å². The molecule has 0 aliphatic carbocycles. The monoisotopic (exact) mass is 465 g/mol. The third-order valence-electron chi connectivity index (χ3n) is 4.24. The van der Waals surface area contributed by atoms with E-state index in [1.165, 1.54) is 44.9 Å². The van der Waals surface area contributed by atoms with Crippen LogP contribution in [0.3, 0.4) is 0 Å². The van der Waals surface area contributed by atoms with E-state index in [1.807, 2.05) is 0 Å². The minimum absolute atomic E-state index is 0.